The molecule has 2 aromatic heterocycles. The number of hydrogen-bond donors (Lipinski definition) is 1. The van der Waals surface area contributed by atoms with E-state index in [-0.39, 0.29) is 18.0 Å². The van der Waals surface area contributed by atoms with Crippen LogP contribution in [0.1, 0.15) is 0 Å². The van der Waals surface area contributed by atoms with Crippen molar-refractivity contribution < 1.29 is 9.53 Å². The molecule has 34 heavy (non-hydrogen) atoms. The van der Waals surface area contributed by atoms with Gasteiger partial charge in [0.25, 0.3) is 5.56 Å². The van der Waals surface area contributed by atoms with Crippen molar-refractivity contribution in [1.82, 2.24) is 9.55 Å². The average molecular weight is 468 g/mol. The van der Waals surface area contributed by atoms with Gasteiger partial charge in [-0.3, -0.25) is 14.2 Å². The lowest BCUT2D eigenvalue weighted by atomic mass is 10.0. The third-order valence-electron chi connectivity index (χ3n) is 5.56. The molecule has 0 fully saturated rings. The van der Waals surface area contributed by atoms with Crippen LogP contribution in [0.2, 0.25) is 0 Å². The molecular formula is C27H21N3O3S. The van der Waals surface area contributed by atoms with Gasteiger partial charge in [-0.05, 0) is 28.8 Å². The number of nitrogens with zero attached hydrogens (tertiary/aromatic N) is 2. The van der Waals surface area contributed by atoms with Crippen LogP contribution >= 0.6 is 11.3 Å². The number of para-hydroxylation sites is 2. The fraction of sp³-hybridized carbons (Fsp3) is 0.0741. The Morgan fingerprint density at radius 1 is 0.941 bits per heavy atom. The van der Waals surface area contributed by atoms with Crippen molar-refractivity contribution in [3.8, 4) is 28.0 Å². The standard InChI is InChI=1S/C27H21N3O3S/c1-33-23-10-6-5-9-22(23)29-24(31)15-30-17-28-26-25(27(30)32)21(16-34-26)20-13-11-19(12-14-20)18-7-3-2-4-8-18/h2-14,16-17H,15H2,1H3,(H,29,31). The molecule has 0 aliphatic heterocycles. The first-order valence-electron chi connectivity index (χ1n) is 10.7. The lowest BCUT2D eigenvalue weighted by molar-refractivity contribution is -0.116. The summed E-state index contributed by atoms with van der Waals surface area (Å²) in [6.07, 6.45) is 1.42. The number of rotatable bonds is 6. The minimum atomic E-state index is -0.336. The van der Waals surface area contributed by atoms with E-state index in [0.29, 0.717) is 21.7 Å². The van der Waals surface area contributed by atoms with Crippen LogP contribution in [0.5, 0.6) is 5.75 Å². The number of benzene rings is 3. The smallest absolute Gasteiger partial charge is 0.263 e. The number of hydrogen-bond acceptors (Lipinski definition) is 5. The van der Waals surface area contributed by atoms with Gasteiger partial charge in [0.05, 0.1) is 24.5 Å². The summed E-state index contributed by atoms with van der Waals surface area (Å²) in [6.45, 7) is -0.151. The number of amides is 1. The molecule has 0 bridgehead atoms. The second kappa shape index (κ2) is 9.33. The van der Waals surface area contributed by atoms with E-state index in [1.54, 1.807) is 18.2 Å². The van der Waals surface area contributed by atoms with Crippen molar-refractivity contribution in [2.75, 3.05) is 12.4 Å². The molecule has 5 aromatic rings. The van der Waals surface area contributed by atoms with Crippen LogP contribution < -0.4 is 15.6 Å². The van der Waals surface area contributed by atoms with Crippen molar-refractivity contribution in [2.24, 2.45) is 0 Å². The highest BCUT2D eigenvalue weighted by molar-refractivity contribution is 7.17. The summed E-state index contributed by atoms with van der Waals surface area (Å²) < 4.78 is 6.61. The highest BCUT2D eigenvalue weighted by Crippen LogP contribution is 2.32. The lowest BCUT2D eigenvalue weighted by Crippen LogP contribution is -2.27. The summed E-state index contributed by atoms with van der Waals surface area (Å²) in [5, 5.41) is 5.26. The average Bonchev–Trinajstić information content (AvgIpc) is 3.32. The topological polar surface area (TPSA) is 73.2 Å². The lowest BCUT2D eigenvalue weighted by Gasteiger charge is -2.11. The van der Waals surface area contributed by atoms with E-state index in [4.69, 9.17) is 4.74 Å². The maximum absolute atomic E-state index is 13.3. The number of nitrogens with one attached hydrogen (secondary N) is 1. The predicted molar refractivity (Wildman–Crippen MR) is 136 cm³/mol. The Morgan fingerprint density at radius 3 is 2.38 bits per heavy atom. The molecule has 0 atom stereocenters. The first-order chi connectivity index (χ1) is 16.6. The Balaban J connectivity index is 1.44. The van der Waals surface area contributed by atoms with Crippen LogP contribution in [0.15, 0.2) is 95.4 Å². The van der Waals surface area contributed by atoms with Gasteiger partial charge in [-0.2, -0.15) is 0 Å². The van der Waals surface area contributed by atoms with Crippen molar-refractivity contribution in [2.45, 2.75) is 6.54 Å². The molecule has 168 valence electrons. The first kappa shape index (κ1) is 21.6. The summed E-state index contributed by atoms with van der Waals surface area (Å²) in [5.41, 5.74) is 4.29. The van der Waals surface area contributed by atoms with Crippen molar-refractivity contribution in [3.05, 3.63) is 101 Å². The highest BCUT2D eigenvalue weighted by atomic mass is 32.1. The molecule has 0 aliphatic rings. The third-order valence-corrected chi connectivity index (χ3v) is 6.45. The summed E-state index contributed by atoms with van der Waals surface area (Å²) in [4.78, 5) is 31.0. The number of methoxy groups -OCH3 is 1. The number of aromatic nitrogens is 2. The number of ether oxygens (including phenoxy) is 1. The number of carbonyl (C=O) groups is 1. The molecule has 0 spiro atoms. The number of fused-ring (bicyclic) bond motifs is 1. The van der Waals surface area contributed by atoms with Gasteiger partial charge < -0.3 is 10.1 Å². The molecule has 0 unspecified atom stereocenters. The molecule has 6 nitrogen and oxygen atoms in total. The summed E-state index contributed by atoms with van der Waals surface area (Å²) in [7, 11) is 1.54. The third kappa shape index (κ3) is 4.21. The van der Waals surface area contributed by atoms with Crippen LogP contribution in [0.25, 0.3) is 32.5 Å². The maximum atomic E-state index is 13.3. The van der Waals surface area contributed by atoms with Gasteiger partial charge >= 0.3 is 0 Å². The van der Waals surface area contributed by atoms with E-state index in [1.165, 1.54) is 29.3 Å². The number of anilines is 1. The van der Waals surface area contributed by atoms with Crippen molar-refractivity contribution >= 4 is 33.1 Å². The molecule has 1 N–H and O–H groups in total. The van der Waals surface area contributed by atoms with Crippen LogP contribution in [-0.4, -0.2) is 22.6 Å². The maximum Gasteiger partial charge on any atom is 0.263 e. The normalized spacial score (nSPS) is 10.9. The molecule has 2 heterocycles. The minimum absolute atomic E-state index is 0.151. The number of carbonyl (C=O) groups excluding carboxylic acids is 1. The monoisotopic (exact) mass is 467 g/mol. The predicted octanol–water partition coefficient (Wildman–Crippen LogP) is 5.44. The van der Waals surface area contributed by atoms with E-state index in [1.807, 2.05) is 53.9 Å². The van der Waals surface area contributed by atoms with Gasteiger partial charge in [0, 0.05) is 10.9 Å². The summed E-state index contributed by atoms with van der Waals surface area (Å²) >= 11 is 1.42. The van der Waals surface area contributed by atoms with Gasteiger partial charge in [0.1, 0.15) is 17.1 Å². The van der Waals surface area contributed by atoms with E-state index in [0.717, 1.165) is 22.3 Å². The Bertz CT molecular complexity index is 1520. The van der Waals surface area contributed by atoms with E-state index in [9.17, 15) is 9.59 Å². The second-order valence-corrected chi connectivity index (χ2v) is 8.56. The molecule has 3 aromatic carbocycles. The Kier molecular flexibility index (Phi) is 5.93. The highest BCUT2D eigenvalue weighted by Gasteiger charge is 2.15. The Morgan fingerprint density at radius 2 is 1.62 bits per heavy atom. The molecule has 0 saturated carbocycles. The van der Waals surface area contributed by atoms with Crippen LogP contribution in [0, 0.1) is 0 Å². The SMILES string of the molecule is COc1ccccc1NC(=O)Cn1cnc2scc(-c3ccc(-c4ccccc4)cc3)c2c1=O. The quantitative estimate of drug-likeness (QED) is 0.361. The zero-order chi connectivity index (χ0) is 23.5. The zero-order valence-corrected chi connectivity index (χ0v) is 19.2. The van der Waals surface area contributed by atoms with Crippen molar-refractivity contribution in [1.29, 1.82) is 0 Å². The van der Waals surface area contributed by atoms with Gasteiger partial charge in [-0.15, -0.1) is 11.3 Å². The Labute approximate surface area is 200 Å². The van der Waals surface area contributed by atoms with E-state index >= 15 is 0 Å². The molecular weight excluding hydrogens is 446 g/mol. The molecule has 5 rings (SSSR count). The van der Waals surface area contributed by atoms with Gasteiger partial charge in [-0.25, -0.2) is 4.98 Å². The largest absolute Gasteiger partial charge is 0.495 e. The molecule has 7 heteroatoms. The van der Waals surface area contributed by atoms with Crippen LogP contribution in [-0.2, 0) is 11.3 Å². The summed E-state index contributed by atoms with van der Waals surface area (Å²) in [5.74, 6) is 0.215. The zero-order valence-electron chi connectivity index (χ0n) is 18.4. The Hall–Kier alpha value is -4.23. The molecule has 0 saturated heterocycles. The van der Waals surface area contributed by atoms with Gasteiger partial charge in [-0.1, -0.05) is 66.7 Å². The fourth-order valence-corrected chi connectivity index (χ4v) is 4.76. The van der Waals surface area contributed by atoms with Gasteiger partial charge in [0.2, 0.25) is 5.91 Å². The van der Waals surface area contributed by atoms with Crippen LogP contribution in [0.3, 0.4) is 0 Å². The molecule has 1 amide bonds. The summed E-state index contributed by atoms with van der Waals surface area (Å²) in [6, 6.07) is 25.4. The minimum Gasteiger partial charge on any atom is -0.495 e. The second-order valence-electron chi connectivity index (χ2n) is 7.70. The fourth-order valence-electron chi connectivity index (χ4n) is 3.86. The van der Waals surface area contributed by atoms with E-state index in [2.05, 4.69) is 22.4 Å². The van der Waals surface area contributed by atoms with Crippen molar-refractivity contribution in [3.63, 3.8) is 0 Å². The number of thiophene rings is 1. The molecule has 0 radical (unpaired) electrons. The van der Waals surface area contributed by atoms with E-state index < -0.39 is 0 Å². The van der Waals surface area contributed by atoms with Gasteiger partial charge in [0.15, 0.2) is 0 Å². The first-order valence-corrected chi connectivity index (χ1v) is 11.6. The van der Waals surface area contributed by atoms with Crippen LogP contribution in [0.4, 0.5) is 5.69 Å². The molecule has 0 aliphatic carbocycles.